The van der Waals surface area contributed by atoms with E-state index in [-0.39, 0.29) is 127 Å². The molecular formula is C81H104ClN19O15. The monoisotopic (exact) mass is 1620 g/mol. The van der Waals surface area contributed by atoms with Gasteiger partial charge in [0.1, 0.15) is 72.0 Å². The molecule has 0 spiro atoms. The van der Waals surface area contributed by atoms with E-state index in [0.29, 0.717) is 44.9 Å². The lowest BCUT2D eigenvalue weighted by Gasteiger charge is -2.31. The molecule has 1 aliphatic heterocycles. The number of hydrogen-bond donors (Lipinski definition) is 19. The highest BCUT2D eigenvalue weighted by molar-refractivity contribution is 6.30. The van der Waals surface area contributed by atoms with Gasteiger partial charge in [0.25, 0.3) is 0 Å². The molecule has 1 aromatic heterocycles. The molecule has 1 saturated heterocycles. The topological polar surface area (TPSA) is 549 Å². The molecule has 0 radical (unpaired) electrons. The summed E-state index contributed by atoms with van der Waals surface area (Å²) in [7, 11) is 0. The van der Waals surface area contributed by atoms with Crippen LogP contribution in [0.15, 0.2) is 140 Å². The number of benzene rings is 5. The zero-order valence-electron chi connectivity index (χ0n) is 65.1. The number of likely N-dealkylation sites (tertiary alicyclic amines) is 1. The quantitative estimate of drug-likeness (QED) is 0.0144. The van der Waals surface area contributed by atoms with E-state index in [1.807, 2.05) is 42.5 Å². The zero-order chi connectivity index (χ0) is 84.5. The minimum Gasteiger partial charge on any atom is -0.508 e. The van der Waals surface area contributed by atoms with Gasteiger partial charge in [-0.25, -0.2) is 0 Å². The summed E-state index contributed by atoms with van der Waals surface area (Å²) >= 11 is 6.25. The third kappa shape index (κ3) is 29.7. The lowest BCUT2D eigenvalue weighted by Crippen LogP contribution is -2.61. The minimum atomic E-state index is -1.88. The Labute approximate surface area is 676 Å². The van der Waals surface area contributed by atoms with E-state index < -0.39 is 144 Å². The van der Waals surface area contributed by atoms with Crippen molar-refractivity contribution in [2.45, 2.75) is 178 Å². The van der Waals surface area contributed by atoms with E-state index in [2.05, 4.69) is 68.8 Å². The van der Waals surface area contributed by atoms with Crippen LogP contribution < -0.4 is 81.0 Å². The number of pyridine rings is 1. The van der Waals surface area contributed by atoms with E-state index in [1.54, 1.807) is 74.5 Å². The van der Waals surface area contributed by atoms with Crippen molar-refractivity contribution in [1.82, 2.24) is 68.4 Å². The number of nitrogen functional groups attached to an aromatic ring is 1. The first-order valence-corrected chi connectivity index (χ1v) is 38.6. The van der Waals surface area contributed by atoms with E-state index in [0.717, 1.165) is 10.8 Å². The van der Waals surface area contributed by atoms with Gasteiger partial charge in [0.05, 0.1) is 6.61 Å². The van der Waals surface area contributed by atoms with Gasteiger partial charge in [-0.15, -0.1) is 0 Å². The number of fused-ring (bicyclic) bond motifs is 1. The number of phenols is 1. The number of nitrogens with zero attached hydrogens (tertiary/aromatic N) is 2. The van der Waals surface area contributed by atoms with Crippen molar-refractivity contribution in [3.63, 3.8) is 0 Å². The number of hydrogen-bond acceptors (Lipinski definition) is 18. The van der Waals surface area contributed by atoms with Crippen LogP contribution in [0.25, 0.3) is 10.8 Å². The van der Waals surface area contributed by atoms with Crippen LogP contribution in [-0.2, 0) is 88.0 Å². The summed E-state index contributed by atoms with van der Waals surface area (Å²) in [5.41, 5.74) is 19.4. The average molecular weight is 1620 g/mol. The van der Waals surface area contributed by atoms with Crippen LogP contribution in [0.4, 0.5) is 5.69 Å². The Morgan fingerprint density at radius 3 is 1.62 bits per heavy atom. The number of aromatic nitrogens is 1. The van der Waals surface area contributed by atoms with Crippen molar-refractivity contribution >= 4 is 117 Å². The number of guanidine groups is 1. The van der Waals surface area contributed by atoms with Crippen molar-refractivity contribution in [2.24, 2.45) is 23.1 Å². The molecule has 0 bridgehead atoms. The predicted molar refractivity (Wildman–Crippen MR) is 433 cm³/mol. The normalized spacial score (nSPS) is 14.7. The number of amides is 13. The molecule has 13 amide bonds. The number of amidine groups is 1. The van der Waals surface area contributed by atoms with Crippen LogP contribution in [0.1, 0.15) is 120 Å². The number of halogens is 1. The summed E-state index contributed by atoms with van der Waals surface area (Å²) in [6, 6.07) is 20.3. The first-order chi connectivity index (χ1) is 55.3. The number of aliphatic hydroxyl groups is 1. The molecule has 35 heteroatoms. The summed E-state index contributed by atoms with van der Waals surface area (Å²) in [5, 5.41) is 70.9. The number of nitrogens with two attached hydrogens (primary N) is 3. The minimum absolute atomic E-state index is 0.0130. The smallest absolute Gasteiger partial charge is 0.245 e. The van der Waals surface area contributed by atoms with Gasteiger partial charge in [-0.2, -0.15) is 0 Å². The van der Waals surface area contributed by atoms with Crippen LogP contribution in [0.5, 0.6) is 5.75 Å². The van der Waals surface area contributed by atoms with Crippen LogP contribution in [0, 0.1) is 16.7 Å². The van der Waals surface area contributed by atoms with Crippen molar-refractivity contribution in [1.29, 1.82) is 10.8 Å². The zero-order valence-corrected chi connectivity index (χ0v) is 65.8. The Morgan fingerprint density at radius 2 is 1.04 bits per heavy atom. The SMILES string of the molecule is CC(=O)N[C@H](Cc1ccc2ccccc2c1)C(=O)N[C@H](Cc1ccc(Cl)cc1)C(=O)N[C@H](Cc1cccnc1)C(=O)N[C@@H](CO)C(=O)N[C@@H](Cc1ccc(O)cc1)C(=O)N[C@H](CCCCNC(=O)CCC(=O)Nc1ccc(C(=N)N)cc1)C(=O)N[C@@H](CC(C)C)C(=O)N[C@@H](CCCNC(=N)N)C(=O)N1CCC[C@H]1C(=O)N[C@H](C)C(N)=O. The fourth-order valence-corrected chi connectivity index (χ4v) is 13.0. The maximum absolute atomic E-state index is 15.2. The highest BCUT2D eigenvalue weighted by Crippen LogP contribution is 2.23. The summed E-state index contributed by atoms with van der Waals surface area (Å²) in [6.07, 6.45) is 2.42. The lowest BCUT2D eigenvalue weighted by molar-refractivity contribution is -0.142. The number of rotatable bonds is 44. The standard InChI is InChI=1S/C81H104ClN19O15/c1-46(2)38-61(73(109)95-60(16-10-36-90-81(86)87)80(116)101-37-11-17-67(101)79(115)91-47(3)71(85)107)96-72(108)59(15-7-8-35-89-68(105)32-33-69(106)93-57-28-24-54(25-29-57)70(83)84)94-75(111)63(41-50-21-30-58(104)31-22-50)99-78(114)66(45-102)100-77(113)65(43-52-12-9-34-88-44-52)98-76(112)64(40-49-19-26-56(82)27-20-49)97-74(110)62(92-48(4)103)42-51-18-23-53-13-5-6-14-55(53)39-51/h5-6,9,12-14,18-31,34,39,44,46-47,59-67,102,104H,7-8,10-11,15-17,32-33,35-38,40-43,45H2,1-4H3,(H3,83,84)(H2,85,107)(H,89,105)(H,91,115)(H,92,103)(H,93,106)(H,94,111)(H,95,109)(H,96,108)(H,97,110)(H,98,112)(H,99,114)(H,100,113)(H4,86,87,90)/t47-,59-,60+,61+,62-,63+,64-,65-,66+,67+/m1/s1. The molecule has 0 unspecified atom stereocenters. The fraction of sp³-hybridized carbons (Fsp3) is 0.407. The molecule has 0 aliphatic carbocycles. The molecular weight excluding hydrogens is 1510 g/mol. The van der Waals surface area contributed by atoms with E-state index >= 15 is 9.59 Å². The summed E-state index contributed by atoms with van der Waals surface area (Å²) in [4.78, 5) is 188. The number of aliphatic hydroxyl groups excluding tert-OH is 1. The van der Waals surface area contributed by atoms with E-state index in [9.17, 15) is 63.0 Å². The summed E-state index contributed by atoms with van der Waals surface area (Å²) in [5.74, 6) is -11.3. The summed E-state index contributed by atoms with van der Waals surface area (Å²) < 4.78 is 0. The second-order valence-electron chi connectivity index (χ2n) is 28.8. The predicted octanol–water partition coefficient (Wildman–Crippen LogP) is 1.03. The van der Waals surface area contributed by atoms with Crippen molar-refractivity contribution in [3.05, 3.63) is 173 Å². The van der Waals surface area contributed by atoms with Crippen LogP contribution in [0.2, 0.25) is 5.02 Å². The molecule has 10 atom stereocenters. The molecule has 620 valence electrons. The highest BCUT2D eigenvalue weighted by Gasteiger charge is 2.41. The van der Waals surface area contributed by atoms with Crippen LogP contribution in [0.3, 0.4) is 0 Å². The Morgan fingerprint density at radius 1 is 0.534 bits per heavy atom. The van der Waals surface area contributed by atoms with Crippen molar-refractivity contribution < 1.29 is 72.5 Å². The number of anilines is 1. The molecule has 22 N–H and O–H groups in total. The van der Waals surface area contributed by atoms with Gasteiger partial charge in [0.2, 0.25) is 76.8 Å². The molecule has 1 fully saturated rings. The third-order valence-corrected chi connectivity index (χ3v) is 19.3. The number of primary amides is 1. The van der Waals surface area contributed by atoms with Crippen molar-refractivity contribution in [2.75, 3.05) is 31.6 Å². The Hall–Kier alpha value is -12.6. The van der Waals surface area contributed by atoms with Gasteiger partial charge in [-0.05, 0) is 152 Å². The Balaban J connectivity index is 1.14. The van der Waals surface area contributed by atoms with E-state index in [1.165, 1.54) is 55.4 Å². The molecule has 34 nitrogen and oxygen atoms in total. The number of nitrogens with one attached hydrogen (secondary N) is 14. The second-order valence-corrected chi connectivity index (χ2v) is 29.3. The van der Waals surface area contributed by atoms with Gasteiger partial charge in [-0.1, -0.05) is 98.2 Å². The maximum Gasteiger partial charge on any atom is 0.245 e. The summed E-state index contributed by atoms with van der Waals surface area (Å²) in [6.45, 7) is 5.26. The van der Waals surface area contributed by atoms with Gasteiger partial charge in [0.15, 0.2) is 5.96 Å². The lowest BCUT2D eigenvalue weighted by atomic mass is 9.99. The molecule has 116 heavy (non-hydrogen) atoms. The Bertz CT molecular complexity index is 4450. The van der Waals surface area contributed by atoms with Crippen LogP contribution in [-0.4, -0.2) is 195 Å². The third-order valence-electron chi connectivity index (χ3n) is 19.1. The maximum atomic E-state index is 15.2. The van der Waals surface area contributed by atoms with Gasteiger partial charge in [0, 0.05) is 93.8 Å². The number of aromatic hydroxyl groups is 1. The number of unbranched alkanes of at least 4 members (excludes halogenated alkanes) is 1. The first-order valence-electron chi connectivity index (χ1n) is 38.2. The van der Waals surface area contributed by atoms with Crippen molar-refractivity contribution in [3.8, 4) is 5.75 Å². The molecule has 6 aromatic rings. The number of carbonyl (C=O) groups excluding carboxylic acids is 13. The number of carbonyl (C=O) groups is 13. The second kappa shape index (κ2) is 45.3. The molecule has 1 aliphatic rings. The van der Waals surface area contributed by atoms with Gasteiger partial charge < -0.3 is 96.1 Å². The first kappa shape index (κ1) is 90.6. The molecule has 0 saturated carbocycles. The van der Waals surface area contributed by atoms with E-state index in [4.69, 9.17) is 39.6 Å². The Kier molecular flexibility index (Phi) is 35.4. The molecule has 5 aromatic carbocycles. The van der Waals surface area contributed by atoms with Gasteiger partial charge >= 0.3 is 0 Å². The fourth-order valence-electron chi connectivity index (χ4n) is 12.9. The molecule has 2 heterocycles. The van der Waals surface area contributed by atoms with Crippen LogP contribution >= 0.6 is 11.6 Å². The highest BCUT2D eigenvalue weighted by atomic mass is 35.5. The largest absolute Gasteiger partial charge is 0.508 e. The molecule has 7 rings (SSSR count). The number of phenolic OH excluding ortho intramolecular Hbond substituents is 1. The average Bonchev–Trinajstić information content (AvgIpc) is 1.63. The van der Waals surface area contributed by atoms with Gasteiger partial charge in [-0.3, -0.25) is 78.1 Å².